The van der Waals surface area contributed by atoms with Crippen LogP contribution in [-0.4, -0.2) is 16.1 Å². The average Bonchev–Trinajstić information content (AvgIpc) is 2.86. The molecule has 2 aromatic rings. The van der Waals surface area contributed by atoms with Crippen molar-refractivity contribution in [2.45, 2.75) is 32.7 Å². The number of nitrogens with zero attached hydrogens (tertiary/aromatic N) is 1. The minimum atomic E-state index is -0.693. The van der Waals surface area contributed by atoms with E-state index in [1.54, 1.807) is 0 Å². The molecule has 0 aliphatic carbocycles. The van der Waals surface area contributed by atoms with E-state index in [9.17, 15) is 4.79 Å². The highest BCUT2D eigenvalue weighted by molar-refractivity contribution is 5.94. The van der Waals surface area contributed by atoms with Gasteiger partial charge in [-0.05, 0) is 18.9 Å². The molecule has 20 heavy (non-hydrogen) atoms. The van der Waals surface area contributed by atoms with E-state index < -0.39 is 6.04 Å². The van der Waals surface area contributed by atoms with E-state index in [0.29, 0.717) is 5.82 Å². The normalized spacial score (nSPS) is 12.2. The number of nitrogens with one attached hydrogen (secondary N) is 2. The maximum atomic E-state index is 12.1. The maximum absolute atomic E-state index is 12.1. The van der Waals surface area contributed by atoms with Crippen LogP contribution in [0.25, 0.3) is 0 Å². The van der Waals surface area contributed by atoms with E-state index in [1.165, 1.54) is 0 Å². The number of amides is 1. The number of carbonyl (C=O) groups excluding carboxylic acids is 1. The van der Waals surface area contributed by atoms with Crippen molar-refractivity contribution in [3.8, 4) is 0 Å². The van der Waals surface area contributed by atoms with Crippen molar-refractivity contribution < 1.29 is 4.79 Å². The quantitative estimate of drug-likeness (QED) is 0.781. The number of hydrogen-bond acceptors (Lipinski definition) is 3. The number of anilines is 1. The van der Waals surface area contributed by atoms with Crippen LogP contribution in [0.2, 0.25) is 0 Å². The lowest BCUT2D eigenvalue weighted by atomic mass is 10.1. The monoisotopic (exact) mass is 272 g/mol. The van der Waals surface area contributed by atoms with Gasteiger partial charge in [0.25, 0.3) is 0 Å². The highest BCUT2D eigenvalue weighted by Crippen LogP contribution is 2.14. The lowest BCUT2D eigenvalue weighted by molar-refractivity contribution is -0.117. The Kier molecular flexibility index (Phi) is 4.53. The number of aromatic amines is 1. The Morgan fingerprint density at radius 3 is 2.75 bits per heavy atom. The Morgan fingerprint density at radius 1 is 1.40 bits per heavy atom. The van der Waals surface area contributed by atoms with Gasteiger partial charge in [-0.1, -0.05) is 43.2 Å². The molecule has 0 spiro atoms. The van der Waals surface area contributed by atoms with Crippen molar-refractivity contribution in [2.75, 3.05) is 5.32 Å². The molecular weight excluding hydrogens is 252 g/mol. The molecule has 1 amide bonds. The van der Waals surface area contributed by atoms with Crippen molar-refractivity contribution in [3.63, 3.8) is 0 Å². The van der Waals surface area contributed by atoms with E-state index in [4.69, 9.17) is 5.73 Å². The van der Waals surface area contributed by atoms with E-state index >= 15 is 0 Å². The van der Waals surface area contributed by atoms with Crippen LogP contribution in [0.5, 0.6) is 0 Å². The number of aryl methyl sites for hydroxylation is 2. The summed E-state index contributed by atoms with van der Waals surface area (Å²) in [5.41, 5.74) is 8.88. The van der Waals surface area contributed by atoms with Crippen molar-refractivity contribution in [1.82, 2.24) is 10.2 Å². The van der Waals surface area contributed by atoms with Crippen LogP contribution in [0.1, 0.15) is 36.2 Å². The summed E-state index contributed by atoms with van der Waals surface area (Å²) < 4.78 is 0. The zero-order chi connectivity index (χ0) is 14.5. The van der Waals surface area contributed by atoms with Gasteiger partial charge in [0.2, 0.25) is 5.91 Å². The van der Waals surface area contributed by atoms with Crippen LogP contribution in [0.15, 0.2) is 30.3 Å². The van der Waals surface area contributed by atoms with Crippen molar-refractivity contribution in [3.05, 3.63) is 47.2 Å². The summed E-state index contributed by atoms with van der Waals surface area (Å²) in [5, 5.41) is 9.67. The summed E-state index contributed by atoms with van der Waals surface area (Å²) in [7, 11) is 0. The summed E-state index contributed by atoms with van der Waals surface area (Å²) in [5.74, 6) is 0.254. The fraction of sp³-hybridized carbons (Fsp3) is 0.333. The number of benzene rings is 1. The first-order valence-corrected chi connectivity index (χ1v) is 6.77. The maximum Gasteiger partial charge on any atom is 0.247 e. The zero-order valence-corrected chi connectivity index (χ0v) is 11.8. The molecule has 1 aromatic carbocycles. The van der Waals surface area contributed by atoms with Gasteiger partial charge in [-0.3, -0.25) is 9.89 Å². The predicted octanol–water partition coefficient (Wildman–Crippen LogP) is 2.31. The van der Waals surface area contributed by atoms with Crippen LogP contribution in [-0.2, 0) is 11.2 Å². The van der Waals surface area contributed by atoms with Crippen LogP contribution in [0, 0.1) is 6.92 Å². The molecule has 1 atom stereocenters. The first-order valence-electron chi connectivity index (χ1n) is 6.77. The molecule has 1 unspecified atom stereocenters. The lowest BCUT2D eigenvalue weighted by Gasteiger charge is -2.11. The van der Waals surface area contributed by atoms with Gasteiger partial charge in [-0.15, -0.1) is 0 Å². The Balaban J connectivity index is 2.01. The van der Waals surface area contributed by atoms with Crippen molar-refractivity contribution in [1.29, 1.82) is 0 Å². The van der Waals surface area contributed by atoms with Gasteiger partial charge in [0.15, 0.2) is 5.82 Å². The Bertz CT molecular complexity index is 574. The predicted molar refractivity (Wildman–Crippen MR) is 79.3 cm³/mol. The van der Waals surface area contributed by atoms with E-state index in [1.807, 2.05) is 37.3 Å². The first kappa shape index (κ1) is 14.3. The first-order chi connectivity index (χ1) is 9.60. The zero-order valence-electron chi connectivity index (χ0n) is 11.8. The number of H-pyrrole nitrogens is 1. The van der Waals surface area contributed by atoms with E-state index in [0.717, 1.165) is 29.7 Å². The highest BCUT2D eigenvalue weighted by Gasteiger charge is 2.16. The third-order valence-corrected chi connectivity index (χ3v) is 3.12. The second kappa shape index (κ2) is 6.34. The molecule has 0 saturated carbocycles. The number of hydrogen-bond donors (Lipinski definition) is 3. The molecule has 0 aliphatic rings. The average molecular weight is 272 g/mol. The molecule has 2 rings (SSSR count). The third kappa shape index (κ3) is 3.45. The largest absolute Gasteiger partial charge is 0.316 e. The Morgan fingerprint density at radius 2 is 2.10 bits per heavy atom. The lowest BCUT2D eigenvalue weighted by Crippen LogP contribution is -2.27. The SMILES string of the molecule is CCCc1cc(NC(=O)C(N)c2ccc(C)cc2)n[nH]1. The number of nitrogens with two attached hydrogens (primary N) is 1. The molecule has 0 saturated heterocycles. The minimum absolute atomic E-state index is 0.261. The second-order valence-electron chi connectivity index (χ2n) is 4.91. The topological polar surface area (TPSA) is 83.8 Å². The molecular formula is C15H20N4O. The summed E-state index contributed by atoms with van der Waals surface area (Å²) in [4.78, 5) is 12.1. The Hall–Kier alpha value is -2.14. The van der Waals surface area contributed by atoms with E-state index in [2.05, 4.69) is 22.4 Å². The van der Waals surface area contributed by atoms with Gasteiger partial charge in [-0.2, -0.15) is 5.10 Å². The second-order valence-corrected chi connectivity index (χ2v) is 4.91. The van der Waals surface area contributed by atoms with Crippen molar-refractivity contribution >= 4 is 11.7 Å². The van der Waals surface area contributed by atoms with Gasteiger partial charge in [0.05, 0.1) is 0 Å². The summed E-state index contributed by atoms with van der Waals surface area (Å²) in [6, 6.07) is 8.76. The van der Waals surface area contributed by atoms with Crippen LogP contribution < -0.4 is 11.1 Å². The third-order valence-electron chi connectivity index (χ3n) is 3.12. The van der Waals surface area contributed by atoms with Gasteiger partial charge in [0, 0.05) is 11.8 Å². The summed E-state index contributed by atoms with van der Waals surface area (Å²) in [6.45, 7) is 4.08. The minimum Gasteiger partial charge on any atom is -0.316 e. The van der Waals surface area contributed by atoms with Crippen LogP contribution >= 0.6 is 0 Å². The smallest absolute Gasteiger partial charge is 0.247 e. The standard InChI is InChI=1S/C15H20N4O/c1-3-4-12-9-13(19-18-12)17-15(20)14(16)11-7-5-10(2)6-8-11/h5-9,14H,3-4,16H2,1-2H3,(H2,17,18,19,20). The number of aromatic nitrogens is 2. The van der Waals surface area contributed by atoms with Crippen molar-refractivity contribution in [2.24, 2.45) is 5.73 Å². The number of carbonyl (C=O) groups is 1. The van der Waals surface area contributed by atoms with E-state index in [-0.39, 0.29) is 5.91 Å². The van der Waals surface area contributed by atoms with Gasteiger partial charge >= 0.3 is 0 Å². The molecule has 106 valence electrons. The Labute approximate surface area is 118 Å². The molecule has 0 fully saturated rings. The molecule has 1 aromatic heterocycles. The fourth-order valence-corrected chi connectivity index (χ4v) is 1.95. The van der Waals surface area contributed by atoms with Crippen LogP contribution in [0.4, 0.5) is 5.82 Å². The molecule has 5 heteroatoms. The molecule has 5 nitrogen and oxygen atoms in total. The molecule has 1 heterocycles. The van der Waals surface area contributed by atoms with Gasteiger partial charge < -0.3 is 11.1 Å². The van der Waals surface area contributed by atoms with Gasteiger partial charge in [-0.25, -0.2) is 0 Å². The van der Waals surface area contributed by atoms with Gasteiger partial charge in [0.1, 0.15) is 6.04 Å². The van der Waals surface area contributed by atoms with Crippen LogP contribution in [0.3, 0.4) is 0 Å². The molecule has 0 aliphatic heterocycles. The highest BCUT2D eigenvalue weighted by atomic mass is 16.2. The molecule has 0 bridgehead atoms. The molecule has 4 N–H and O–H groups in total. The number of rotatable bonds is 5. The summed E-state index contributed by atoms with van der Waals surface area (Å²) in [6.07, 6.45) is 1.94. The summed E-state index contributed by atoms with van der Waals surface area (Å²) >= 11 is 0. The molecule has 0 radical (unpaired) electrons. The fourth-order valence-electron chi connectivity index (χ4n) is 1.95.